The van der Waals surface area contributed by atoms with Crippen molar-refractivity contribution in [3.8, 4) is 0 Å². The van der Waals surface area contributed by atoms with Gasteiger partial charge in [-0.25, -0.2) is 13.9 Å². The second-order valence-electron chi connectivity index (χ2n) is 8.96. The van der Waals surface area contributed by atoms with Crippen LogP contribution in [0.25, 0.3) is 5.65 Å². The van der Waals surface area contributed by atoms with Gasteiger partial charge in [0, 0.05) is 30.9 Å². The van der Waals surface area contributed by atoms with Crippen molar-refractivity contribution in [1.82, 2.24) is 19.9 Å². The summed E-state index contributed by atoms with van der Waals surface area (Å²) in [5.74, 6) is -0.249. The Hall–Kier alpha value is -3.00. The van der Waals surface area contributed by atoms with Crippen LogP contribution in [-0.4, -0.2) is 39.0 Å². The highest BCUT2D eigenvalue weighted by Crippen LogP contribution is 2.36. The average Bonchev–Trinajstić information content (AvgIpc) is 3.53. The van der Waals surface area contributed by atoms with E-state index in [1.165, 1.54) is 18.3 Å². The van der Waals surface area contributed by atoms with Crippen molar-refractivity contribution < 1.29 is 14.0 Å². The molecule has 2 fully saturated rings. The Labute approximate surface area is 195 Å². The molecule has 0 atom stereocenters. The SMILES string of the molecule is O=C(N[C@H]1CC[C@H](C(=O)N(CC2CC2)c2ccc(F)cc2Cl)CC1)c1cnn2cccnc12. The van der Waals surface area contributed by atoms with Crippen LogP contribution in [0.3, 0.4) is 0 Å². The number of amides is 2. The number of nitrogens with zero attached hydrogens (tertiary/aromatic N) is 4. The van der Waals surface area contributed by atoms with E-state index in [9.17, 15) is 14.0 Å². The number of hydrogen-bond acceptors (Lipinski definition) is 4. The minimum absolute atomic E-state index is 0.00787. The molecule has 0 aliphatic heterocycles. The number of carbonyl (C=O) groups excluding carboxylic acids is 2. The van der Waals surface area contributed by atoms with Crippen molar-refractivity contribution in [2.24, 2.45) is 11.8 Å². The van der Waals surface area contributed by atoms with E-state index < -0.39 is 5.82 Å². The summed E-state index contributed by atoms with van der Waals surface area (Å²) in [5.41, 5.74) is 1.53. The zero-order valence-electron chi connectivity index (χ0n) is 18.1. The van der Waals surface area contributed by atoms with Crippen molar-refractivity contribution in [2.45, 2.75) is 44.6 Å². The molecule has 1 aromatic carbocycles. The summed E-state index contributed by atoms with van der Waals surface area (Å²) in [6.45, 7) is 0.614. The van der Waals surface area contributed by atoms with Crippen LogP contribution in [0.15, 0.2) is 42.9 Å². The molecule has 0 saturated heterocycles. The maximum Gasteiger partial charge on any atom is 0.256 e. The molecule has 0 bridgehead atoms. The number of hydrogen-bond donors (Lipinski definition) is 1. The van der Waals surface area contributed by atoms with Gasteiger partial charge in [0.1, 0.15) is 11.4 Å². The molecule has 0 spiro atoms. The molecule has 2 aliphatic rings. The maximum atomic E-state index is 13.5. The number of rotatable bonds is 6. The summed E-state index contributed by atoms with van der Waals surface area (Å²) in [6, 6.07) is 5.94. The van der Waals surface area contributed by atoms with Crippen LogP contribution in [-0.2, 0) is 4.79 Å². The number of anilines is 1. The number of halogens is 2. The third-order valence-electron chi connectivity index (χ3n) is 6.54. The standard InChI is InChI=1S/C24H25ClFN5O2/c25-20-12-17(26)6-9-21(20)30(14-15-2-3-15)24(33)16-4-7-18(8-5-16)29-23(32)19-13-28-31-11-1-10-27-22(19)31/h1,6,9-13,15-16,18H,2-5,7-8,14H2,(H,29,32)/t16-,18-. The zero-order valence-corrected chi connectivity index (χ0v) is 18.8. The van der Waals surface area contributed by atoms with Crippen LogP contribution in [0.2, 0.25) is 5.02 Å². The molecule has 2 aromatic heterocycles. The predicted molar refractivity (Wildman–Crippen MR) is 123 cm³/mol. The topological polar surface area (TPSA) is 79.6 Å². The lowest BCUT2D eigenvalue weighted by atomic mass is 9.85. The van der Waals surface area contributed by atoms with Crippen molar-refractivity contribution in [2.75, 3.05) is 11.4 Å². The molecule has 7 nitrogen and oxygen atoms in total. The van der Waals surface area contributed by atoms with Crippen molar-refractivity contribution >= 4 is 34.7 Å². The van der Waals surface area contributed by atoms with Gasteiger partial charge in [-0.15, -0.1) is 0 Å². The van der Waals surface area contributed by atoms with Gasteiger partial charge in [0.2, 0.25) is 5.91 Å². The molecule has 2 saturated carbocycles. The average molecular weight is 470 g/mol. The zero-order chi connectivity index (χ0) is 22.9. The van der Waals surface area contributed by atoms with Gasteiger partial charge in [-0.3, -0.25) is 9.59 Å². The number of nitrogens with one attached hydrogen (secondary N) is 1. The first kappa shape index (κ1) is 21.8. The molecule has 5 rings (SSSR count). The van der Waals surface area contributed by atoms with Crippen molar-refractivity contribution in [1.29, 1.82) is 0 Å². The lowest BCUT2D eigenvalue weighted by molar-refractivity contribution is -0.123. The summed E-state index contributed by atoms with van der Waals surface area (Å²) in [6.07, 6.45) is 9.87. The fourth-order valence-electron chi connectivity index (χ4n) is 4.52. The first-order valence-corrected chi connectivity index (χ1v) is 11.7. The molecule has 2 aliphatic carbocycles. The second-order valence-corrected chi connectivity index (χ2v) is 9.36. The Balaban J connectivity index is 1.23. The van der Waals surface area contributed by atoms with Crippen LogP contribution in [0, 0.1) is 17.7 Å². The monoisotopic (exact) mass is 469 g/mol. The summed E-state index contributed by atoms with van der Waals surface area (Å²) in [7, 11) is 0. The highest BCUT2D eigenvalue weighted by atomic mass is 35.5. The minimum Gasteiger partial charge on any atom is -0.349 e. The van der Waals surface area contributed by atoms with Gasteiger partial charge in [-0.2, -0.15) is 5.10 Å². The first-order chi connectivity index (χ1) is 16.0. The van der Waals surface area contributed by atoms with E-state index in [0.717, 1.165) is 12.8 Å². The summed E-state index contributed by atoms with van der Waals surface area (Å²) in [4.78, 5) is 32.2. The molecule has 33 heavy (non-hydrogen) atoms. The van der Waals surface area contributed by atoms with Crippen LogP contribution in [0.4, 0.5) is 10.1 Å². The van der Waals surface area contributed by atoms with E-state index in [4.69, 9.17) is 11.6 Å². The summed E-state index contributed by atoms with van der Waals surface area (Å²) in [5, 5.41) is 7.49. The molecule has 0 unspecified atom stereocenters. The van der Waals surface area contributed by atoms with E-state index in [-0.39, 0.29) is 28.8 Å². The Morgan fingerprint density at radius 1 is 1.18 bits per heavy atom. The van der Waals surface area contributed by atoms with Gasteiger partial charge in [-0.1, -0.05) is 11.6 Å². The molecule has 172 valence electrons. The Bertz CT molecular complexity index is 1190. The highest BCUT2D eigenvalue weighted by Gasteiger charge is 2.34. The normalized spacial score (nSPS) is 20.5. The van der Waals surface area contributed by atoms with E-state index in [1.807, 2.05) is 0 Å². The second kappa shape index (κ2) is 9.09. The Morgan fingerprint density at radius 2 is 1.97 bits per heavy atom. The van der Waals surface area contributed by atoms with E-state index >= 15 is 0 Å². The van der Waals surface area contributed by atoms with Gasteiger partial charge >= 0.3 is 0 Å². The van der Waals surface area contributed by atoms with E-state index in [1.54, 1.807) is 33.9 Å². The van der Waals surface area contributed by atoms with Crippen LogP contribution < -0.4 is 10.2 Å². The van der Waals surface area contributed by atoms with E-state index in [2.05, 4.69) is 15.4 Å². The molecule has 3 aromatic rings. The van der Waals surface area contributed by atoms with Gasteiger partial charge < -0.3 is 10.2 Å². The molecule has 0 radical (unpaired) electrons. The van der Waals surface area contributed by atoms with Gasteiger partial charge in [-0.05, 0) is 68.7 Å². The van der Waals surface area contributed by atoms with Crippen LogP contribution in [0.1, 0.15) is 48.9 Å². The number of carbonyl (C=O) groups is 2. The fraction of sp³-hybridized carbons (Fsp3) is 0.417. The Morgan fingerprint density at radius 3 is 2.70 bits per heavy atom. The first-order valence-electron chi connectivity index (χ1n) is 11.3. The fourth-order valence-corrected chi connectivity index (χ4v) is 4.79. The third kappa shape index (κ3) is 4.71. The van der Waals surface area contributed by atoms with Crippen molar-refractivity contribution in [3.05, 3.63) is 59.3 Å². The molecule has 2 heterocycles. The number of benzene rings is 1. The maximum absolute atomic E-state index is 13.5. The molecular weight excluding hydrogens is 445 g/mol. The van der Waals surface area contributed by atoms with Gasteiger partial charge in [0.25, 0.3) is 5.91 Å². The molecule has 9 heteroatoms. The smallest absolute Gasteiger partial charge is 0.256 e. The quantitative estimate of drug-likeness (QED) is 0.585. The van der Waals surface area contributed by atoms with Gasteiger partial charge in [0.05, 0.1) is 16.9 Å². The van der Waals surface area contributed by atoms with Crippen molar-refractivity contribution in [3.63, 3.8) is 0 Å². The summed E-state index contributed by atoms with van der Waals surface area (Å²) >= 11 is 6.29. The van der Waals surface area contributed by atoms with Crippen LogP contribution in [0.5, 0.6) is 0 Å². The van der Waals surface area contributed by atoms with Gasteiger partial charge in [0.15, 0.2) is 5.65 Å². The number of aromatic nitrogens is 3. The predicted octanol–water partition coefficient (Wildman–Crippen LogP) is 4.25. The van der Waals surface area contributed by atoms with Crippen LogP contribution >= 0.6 is 11.6 Å². The molecule has 1 N–H and O–H groups in total. The lowest BCUT2D eigenvalue weighted by Crippen LogP contribution is -2.43. The Kier molecular flexibility index (Phi) is 6.01. The highest BCUT2D eigenvalue weighted by molar-refractivity contribution is 6.33. The van der Waals surface area contributed by atoms with E-state index in [0.29, 0.717) is 55.0 Å². The summed E-state index contributed by atoms with van der Waals surface area (Å²) < 4.78 is 15.1. The third-order valence-corrected chi connectivity index (χ3v) is 6.84. The number of fused-ring (bicyclic) bond motifs is 1. The minimum atomic E-state index is -0.416. The molecular formula is C24H25ClFN5O2. The lowest BCUT2D eigenvalue weighted by Gasteiger charge is -2.33. The largest absolute Gasteiger partial charge is 0.349 e. The molecule has 2 amide bonds.